The van der Waals surface area contributed by atoms with E-state index in [9.17, 15) is 5.11 Å². The highest BCUT2D eigenvalue weighted by molar-refractivity contribution is 6.32. The van der Waals surface area contributed by atoms with Crippen molar-refractivity contribution in [2.45, 2.75) is 11.8 Å². The van der Waals surface area contributed by atoms with Crippen molar-refractivity contribution in [2.24, 2.45) is 0 Å². The van der Waals surface area contributed by atoms with Crippen molar-refractivity contribution in [3.63, 3.8) is 0 Å². The molecule has 3 nitrogen and oxygen atoms in total. The van der Waals surface area contributed by atoms with Gasteiger partial charge in [0.2, 0.25) is 0 Å². The third-order valence-electron chi connectivity index (χ3n) is 3.61. The topological polar surface area (TPSA) is 32.7 Å². The van der Waals surface area contributed by atoms with Crippen LogP contribution in [0.1, 0.15) is 12.0 Å². The Hall–Kier alpha value is -0.770. The number of hydrogen-bond acceptors (Lipinski definition) is 3. The molecule has 1 fully saturated rings. The molecule has 1 aromatic carbocycles. The molecular weight excluding hydrogens is 238 g/mol. The van der Waals surface area contributed by atoms with Crippen LogP contribution in [-0.2, 0) is 5.41 Å². The van der Waals surface area contributed by atoms with E-state index in [1.807, 2.05) is 18.2 Å². The molecule has 1 unspecified atom stereocenters. The maximum atomic E-state index is 9.70. The zero-order valence-electron chi connectivity index (χ0n) is 10.2. The fourth-order valence-electron chi connectivity index (χ4n) is 2.53. The Morgan fingerprint density at radius 3 is 2.76 bits per heavy atom. The van der Waals surface area contributed by atoms with E-state index in [-0.39, 0.29) is 12.0 Å². The Bertz CT molecular complexity index is 410. The number of likely N-dealkylation sites (N-methyl/N-ethyl adjacent to an activating group) is 1. The molecule has 1 aromatic rings. The minimum Gasteiger partial charge on any atom is -0.495 e. The van der Waals surface area contributed by atoms with E-state index in [4.69, 9.17) is 16.3 Å². The highest BCUT2D eigenvalue weighted by Crippen LogP contribution is 2.37. The maximum Gasteiger partial charge on any atom is 0.137 e. The summed E-state index contributed by atoms with van der Waals surface area (Å²) in [6.45, 7) is 2.02. The van der Waals surface area contributed by atoms with Gasteiger partial charge < -0.3 is 14.7 Å². The van der Waals surface area contributed by atoms with Gasteiger partial charge in [0.05, 0.1) is 18.7 Å². The van der Waals surface area contributed by atoms with Crippen LogP contribution in [0.5, 0.6) is 5.75 Å². The van der Waals surface area contributed by atoms with Crippen molar-refractivity contribution in [2.75, 3.05) is 33.9 Å². The van der Waals surface area contributed by atoms with Crippen LogP contribution in [-0.4, -0.2) is 43.9 Å². The SMILES string of the molecule is COc1ccc(C2(CO)CCN(C)C2)cc1Cl. The Kier molecular flexibility index (Phi) is 3.61. The first kappa shape index (κ1) is 12.7. The molecule has 4 heteroatoms. The van der Waals surface area contributed by atoms with Gasteiger partial charge in [-0.25, -0.2) is 0 Å². The minimum absolute atomic E-state index is 0.153. The molecule has 0 saturated carbocycles. The largest absolute Gasteiger partial charge is 0.495 e. The van der Waals surface area contributed by atoms with Gasteiger partial charge >= 0.3 is 0 Å². The van der Waals surface area contributed by atoms with Gasteiger partial charge in [0.25, 0.3) is 0 Å². The van der Waals surface area contributed by atoms with E-state index in [0.29, 0.717) is 10.8 Å². The third kappa shape index (κ3) is 2.28. The number of benzene rings is 1. The molecule has 0 aromatic heterocycles. The van der Waals surface area contributed by atoms with Crippen LogP contribution in [0.15, 0.2) is 18.2 Å². The van der Waals surface area contributed by atoms with Gasteiger partial charge in [-0.05, 0) is 37.7 Å². The summed E-state index contributed by atoms with van der Waals surface area (Å²) in [5, 5.41) is 10.3. The number of nitrogens with zero attached hydrogens (tertiary/aromatic N) is 1. The summed E-state index contributed by atoms with van der Waals surface area (Å²) >= 11 is 6.14. The van der Waals surface area contributed by atoms with E-state index < -0.39 is 0 Å². The standard InChI is InChI=1S/C13H18ClNO2/c1-15-6-5-13(8-15,9-16)10-3-4-12(17-2)11(14)7-10/h3-4,7,16H,5-6,8-9H2,1-2H3. The predicted molar refractivity (Wildman–Crippen MR) is 68.9 cm³/mol. The van der Waals surface area contributed by atoms with Crippen LogP contribution in [0, 0.1) is 0 Å². The highest BCUT2D eigenvalue weighted by Gasteiger charge is 2.38. The highest BCUT2D eigenvalue weighted by atomic mass is 35.5. The summed E-state index contributed by atoms with van der Waals surface area (Å²) in [6.07, 6.45) is 0.961. The number of halogens is 1. The molecule has 1 saturated heterocycles. The second-order valence-corrected chi connectivity index (χ2v) is 5.18. The first-order valence-corrected chi connectivity index (χ1v) is 6.12. The fourth-order valence-corrected chi connectivity index (χ4v) is 2.79. The Balaban J connectivity index is 2.35. The van der Waals surface area contributed by atoms with Crippen LogP contribution in [0.3, 0.4) is 0 Å². The summed E-state index contributed by atoms with van der Waals surface area (Å²) in [7, 11) is 3.68. The van der Waals surface area contributed by atoms with Crippen molar-refractivity contribution < 1.29 is 9.84 Å². The van der Waals surface area contributed by atoms with Gasteiger partial charge in [-0.3, -0.25) is 0 Å². The summed E-state index contributed by atoms with van der Waals surface area (Å²) in [5.74, 6) is 0.676. The number of aliphatic hydroxyl groups is 1. The zero-order valence-corrected chi connectivity index (χ0v) is 11.0. The lowest BCUT2D eigenvalue weighted by Crippen LogP contribution is -2.33. The molecule has 1 aliphatic heterocycles. The molecule has 0 spiro atoms. The molecule has 17 heavy (non-hydrogen) atoms. The van der Waals surface area contributed by atoms with E-state index in [1.165, 1.54) is 0 Å². The first-order chi connectivity index (χ1) is 8.11. The second-order valence-electron chi connectivity index (χ2n) is 4.78. The lowest BCUT2D eigenvalue weighted by atomic mass is 9.80. The van der Waals surface area contributed by atoms with E-state index in [1.54, 1.807) is 7.11 Å². The Labute approximate surface area is 107 Å². The molecule has 0 aliphatic carbocycles. The van der Waals surface area contributed by atoms with Gasteiger partial charge in [0, 0.05) is 12.0 Å². The molecule has 0 amide bonds. The van der Waals surface area contributed by atoms with Crippen LogP contribution >= 0.6 is 11.6 Å². The quantitative estimate of drug-likeness (QED) is 0.896. The van der Waals surface area contributed by atoms with E-state index >= 15 is 0 Å². The van der Waals surface area contributed by atoms with Crippen LogP contribution < -0.4 is 4.74 Å². The number of aliphatic hydroxyl groups excluding tert-OH is 1. The van der Waals surface area contributed by atoms with Gasteiger partial charge in [0.15, 0.2) is 0 Å². The zero-order chi connectivity index (χ0) is 12.5. The van der Waals surface area contributed by atoms with E-state index in [2.05, 4.69) is 11.9 Å². The summed E-state index contributed by atoms with van der Waals surface area (Å²) in [6, 6.07) is 5.78. The van der Waals surface area contributed by atoms with Crippen LogP contribution in [0.25, 0.3) is 0 Å². The second kappa shape index (κ2) is 4.84. The number of likely N-dealkylation sites (tertiary alicyclic amines) is 1. The third-order valence-corrected chi connectivity index (χ3v) is 3.91. The first-order valence-electron chi connectivity index (χ1n) is 5.75. The van der Waals surface area contributed by atoms with Crippen LogP contribution in [0.4, 0.5) is 0 Å². The summed E-state index contributed by atoms with van der Waals surface area (Å²) in [4.78, 5) is 2.23. The molecule has 0 bridgehead atoms. The molecule has 1 heterocycles. The Morgan fingerprint density at radius 1 is 1.53 bits per heavy atom. The molecule has 1 aliphatic rings. The summed E-state index contributed by atoms with van der Waals surface area (Å²) in [5.41, 5.74) is 0.917. The normalized spacial score (nSPS) is 25.2. The smallest absolute Gasteiger partial charge is 0.137 e. The number of rotatable bonds is 3. The van der Waals surface area contributed by atoms with Crippen molar-refractivity contribution in [1.82, 2.24) is 4.90 Å². The number of hydrogen-bond donors (Lipinski definition) is 1. The lowest BCUT2D eigenvalue weighted by molar-refractivity contribution is 0.195. The average Bonchev–Trinajstić information content (AvgIpc) is 2.72. The summed E-state index contributed by atoms with van der Waals surface area (Å²) < 4.78 is 5.15. The van der Waals surface area contributed by atoms with Crippen molar-refractivity contribution in [1.29, 1.82) is 0 Å². The maximum absolute atomic E-state index is 9.70. The average molecular weight is 256 g/mol. The van der Waals surface area contributed by atoms with Crippen molar-refractivity contribution >= 4 is 11.6 Å². The van der Waals surface area contributed by atoms with Gasteiger partial charge in [0.1, 0.15) is 5.75 Å². The lowest BCUT2D eigenvalue weighted by Gasteiger charge is -2.27. The monoisotopic (exact) mass is 255 g/mol. The Morgan fingerprint density at radius 2 is 2.29 bits per heavy atom. The minimum atomic E-state index is -0.176. The number of methoxy groups -OCH3 is 1. The molecule has 1 atom stereocenters. The molecule has 1 N–H and O–H groups in total. The molecule has 94 valence electrons. The van der Waals surface area contributed by atoms with E-state index in [0.717, 1.165) is 25.1 Å². The molecular formula is C13H18ClNO2. The van der Waals surface area contributed by atoms with Crippen LogP contribution in [0.2, 0.25) is 5.02 Å². The van der Waals surface area contributed by atoms with Gasteiger partial charge in [-0.15, -0.1) is 0 Å². The molecule has 0 radical (unpaired) electrons. The van der Waals surface area contributed by atoms with Gasteiger partial charge in [-0.2, -0.15) is 0 Å². The van der Waals surface area contributed by atoms with Crippen molar-refractivity contribution in [3.05, 3.63) is 28.8 Å². The van der Waals surface area contributed by atoms with Crippen molar-refractivity contribution in [3.8, 4) is 5.75 Å². The fraction of sp³-hybridized carbons (Fsp3) is 0.538. The predicted octanol–water partition coefficient (Wildman–Crippen LogP) is 1.91. The number of ether oxygens (including phenoxy) is 1. The van der Waals surface area contributed by atoms with Gasteiger partial charge in [-0.1, -0.05) is 17.7 Å². The molecule has 2 rings (SSSR count).